The molecule has 0 aromatic carbocycles. The molecule has 2 fully saturated rings. The van der Waals surface area contributed by atoms with E-state index in [9.17, 15) is 0 Å². The normalized spacial score (nSPS) is 43.3. The molecular weight excluding hydrogens is 220 g/mol. The molecule has 2 nitrogen and oxygen atoms in total. The fourth-order valence-electron chi connectivity index (χ4n) is 3.81. The smallest absolute Gasteiger partial charge is 0.0247 e. The highest BCUT2D eigenvalue weighted by Gasteiger charge is 2.36. The third kappa shape index (κ3) is 3.08. The Morgan fingerprint density at radius 2 is 1.78 bits per heavy atom. The van der Waals surface area contributed by atoms with Crippen LogP contribution in [-0.2, 0) is 0 Å². The van der Waals surface area contributed by atoms with Crippen LogP contribution in [0.15, 0.2) is 0 Å². The van der Waals surface area contributed by atoms with E-state index in [4.69, 9.17) is 0 Å². The summed E-state index contributed by atoms with van der Waals surface area (Å²) in [6, 6.07) is 2.25. The van der Waals surface area contributed by atoms with Crippen molar-refractivity contribution in [1.29, 1.82) is 0 Å². The molecular formula is C16H32N2. The maximum atomic E-state index is 3.66. The van der Waals surface area contributed by atoms with Gasteiger partial charge in [0.15, 0.2) is 0 Å². The van der Waals surface area contributed by atoms with Crippen molar-refractivity contribution in [3.63, 3.8) is 0 Å². The number of hydrogen-bond acceptors (Lipinski definition) is 2. The van der Waals surface area contributed by atoms with Gasteiger partial charge in [-0.05, 0) is 43.9 Å². The molecule has 18 heavy (non-hydrogen) atoms. The summed E-state index contributed by atoms with van der Waals surface area (Å²) in [6.45, 7) is 14.4. The van der Waals surface area contributed by atoms with Crippen LogP contribution >= 0.6 is 0 Å². The molecule has 0 radical (unpaired) electrons. The number of nitrogens with one attached hydrogen (secondary N) is 1. The average Bonchev–Trinajstić information content (AvgIpc) is 2.32. The number of nitrogens with zero attached hydrogens (tertiary/aromatic N) is 1. The van der Waals surface area contributed by atoms with Gasteiger partial charge >= 0.3 is 0 Å². The molecule has 0 amide bonds. The molecule has 2 rings (SSSR count). The Morgan fingerprint density at radius 1 is 1.06 bits per heavy atom. The Labute approximate surface area is 114 Å². The van der Waals surface area contributed by atoms with Crippen LogP contribution < -0.4 is 5.32 Å². The van der Waals surface area contributed by atoms with Crippen LogP contribution in [0.5, 0.6) is 0 Å². The summed E-state index contributed by atoms with van der Waals surface area (Å²) in [4.78, 5) is 2.84. The zero-order chi connectivity index (χ0) is 13.3. The van der Waals surface area contributed by atoms with E-state index >= 15 is 0 Å². The minimum Gasteiger partial charge on any atom is -0.311 e. The van der Waals surface area contributed by atoms with Gasteiger partial charge in [-0.25, -0.2) is 0 Å². The van der Waals surface area contributed by atoms with Gasteiger partial charge in [0.05, 0.1) is 0 Å². The Kier molecular flexibility index (Phi) is 4.71. The molecule has 0 aromatic rings. The van der Waals surface area contributed by atoms with Crippen molar-refractivity contribution in [3.8, 4) is 0 Å². The lowest BCUT2D eigenvalue weighted by atomic mass is 9.77. The SMILES string of the molecule is CC1CN(C2CCC(C)C(C)C2)C(C(C)C)CN1. The van der Waals surface area contributed by atoms with E-state index in [-0.39, 0.29) is 0 Å². The molecule has 2 heteroatoms. The summed E-state index contributed by atoms with van der Waals surface area (Å²) in [6.07, 6.45) is 4.26. The van der Waals surface area contributed by atoms with E-state index < -0.39 is 0 Å². The highest BCUT2D eigenvalue weighted by molar-refractivity contribution is 4.92. The highest BCUT2D eigenvalue weighted by Crippen LogP contribution is 2.34. The van der Waals surface area contributed by atoms with Crippen molar-refractivity contribution in [3.05, 3.63) is 0 Å². The van der Waals surface area contributed by atoms with Crippen LogP contribution in [-0.4, -0.2) is 36.1 Å². The zero-order valence-electron chi connectivity index (χ0n) is 12.9. The summed E-state index contributed by atoms with van der Waals surface area (Å²) in [5.74, 6) is 2.60. The number of piperazine rings is 1. The molecule has 106 valence electrons. The molecule has 1 N–H and O–H groups in total. The molecule has 0 aromatic heterocycles. The lowest BCUT2D eigenvalue weighted by molar-refractivity contribution is 0.0234. The fraction of sp³-hybridized carbons (Fsp3) is 1.00. The summed E-state index contributed by atoms with van der Waals surface area (Å²) >= 11 is 0. The Balaban J connectivity index is 2.03. The van der Waals surface area contributed by atoms with Gasteiger partial charge in [-0.2, -0.15) is 0 Å². The third-order valence-electron chi connectivity index (χ3n) is 5.40. The van der Waals surface area contributed by atoms with Gasteiger partial charge in [0.25, 0.3) is 0 Å². The standard InChI is InChI=1S/C16H32N2/c1-11(2)16-9-17-14(5)10-18(16)15-7-6-12(3)13(4)8-15/h11-17H,6-10H2,1-5H3. The van der Waals surface area contributed by atoms with Gasteiger partial charge in [-0.15, -0.1) is 0 Å². The lowest BCUT2D eigenvalue weighted by Gasteiger charge is -2.48. The van der Waals surface area contributed by atoms with E-state index in [0.29, 0.717) is 6.04 Å². The predicted octanol–water partition coefficient (Wildman–Crippen LogP) is 3.13. The molecule has 1 aliphatic carbocycles. The van der Waals surface area contributed by atoms with Crippen LogP contribution in [0.25, 0.3) is 0 Å². The topological polar surface area (TPSA) is 15.3 Å². The van der Waals surface area contributed by atoms with E-state index in [1.165, 1.54) is 32.4 Å². The molecule has 5 unspecified atom stereocenters. The summed E-state index contributed by atoms with van der Waals surface area (Å²) in [5, 5.41) is 3.66. The van der Waals surface area contributed by atoms with Crippen molar-refractivity contribution in [1.82, 2.24) is 10.2 Å². The summed E-state index contributed by atoms with van der Waals surface area (Å²) in [5.41, 5.74) is 0. The van der Waals surface area contributed by atoms with E-state index in [2.05, 4.69) is 44.8 Å². The summed E-state index contributed by atoms with van der Waals surface area (Å²) in [7, 11) is 0. The third-order valence-corrected chi connectivity index (χ3v) is 5.40. The van der Waals surface area contributed by atoms with Gasteiger partial charge < -0.3 is 5.32 Å². The molecule has 0 spiro atoms. The Hall–Kier alpha value is -0.0800. The molecule has 1 saturated heterocycles. The second-order valence-corrected chi connectivity index (χ2v) is 7.24. The molecule has 2 aliphatic rings. The minimum absolute atomic E-state index is 0.662. The molecule has 1 aliphatic heterocycles. The first kappa shape index (κ1) is 14.3. The molecule has 5 atom stereocenters. The summed E-state index contributed by atoms with van der Waals surface area (Å²) < 4.78 is 0. The van der Waals surface area contributed by atoms with Crippen LogP contribution in [0, 0.1) is 17.8 Å². The lowest BCUT2D eigenvalue weighted by Crippen LogP contribution is -2.61. The van der Waals surface area contributed by atoms with E-state index in [0.717, 1.165) is 29.8 Å². The van der Waals surface area contributed by atoms with Crippen molar-refractivity contribution in [2.75, 3.05) is 13.1 Å². The first-order valence-electron chi connectivity index (χ1n) is 7.98. The van der Waals surface area contributed by atoms with Gasteiger partial charge in [0.1, 0.15) is 0 Å². The monoisotopic (exact) mass is 252 g/mol. The highest BCUT2D eigenvalue weighted by atomic mass is 15.3. The maximum Gasteiger partial charge on any atom is 0.0247 e. The van der Waals surface area contributed by atoms with Gasteiger partial charge in [0, 0.05) is 31.2 Å². The zero-order valence-corrected chi connectivity index (χ0v) is 12.9. The second-order valence-electron chi connectivity index (χ2n) is 7.24. The van der Waals surface area contributed by atoms with Crippen LogP contribution in [0.4, 0.5) is 0 Å². The van der Waals surface area contributed by atoms with Crippen molar-refractivity contribution >= 4 is 0 Å². The number of rotatable bonds is 2. The first-order chi connectivity index (χ1) is 8.49. The largest absolute Gasteiger partial charge is 0.311 e. The molecule has 0 bridgehead atoms. The number of hydrogen-bond donors (Lipinski definition) is 1. The fourth-order valence-corrected chi connectivity index (χ4v) is 3.81. The van der Waals surface area contributed by atoms with Crippen LogP contribution in [0.3, 0.4) is 0 Å². The van der Waals surface area contributed by atoms with Crippen LogP contribution in [0.2, 0.25) is 0 Å². The minimum atomic E-state index is 0.662. The van der Waals surface area contributed by atoms with Crippen LogP contribution in [0.1, 0.15) is 53.9 Å². The second kappa shape index (κ2) is 5.92. The predicted molar refractivity (Wildman–Crippen MR) is 78.8 cm³/mol. The van der Waals surface area contributed by atoms with Crippen molar-refractivity contribution in [2.24, 2.45) is 17.8 Å². The Morgan fingerprint density at radius 3 is 2.39 bits per heavy atom. The van der Waals surface area contributed by atoms with Gasteiger partial charge in [-0.3, -0.25) is 4.90 Å². The molecule has 1 heterocycles. The first-order valence-corrected chi connectivity index (χ1v) is 7.98. The van der Waals surface area contributed by atoms with Crippen molar-refractivity contribution in [2.45, 2.75) is 72.0 Å². The Bertz CT molecular complexity index is 264. The quantitative estimate of drug-likeness (QED) is 0.812. The van der Waals surface area contributed by atoms with Gasteiger partial charge in [-0.1, -0.05) is 27.7 Å². The molecule has 1 saturated carbocycles. The average molecular weight is 252 g/mol. The van der Waals surface area contributed by atoms with Gasteiger partial charge in [0.2, 0.25) is 0 Å². The van der Waals surface area contributed by atoms with Crippen molar-refractivity contribution < 1.29 is 0 Å². The van der Waals surface area contributed by atoms with E-state index in [1.54, 1.807) is 0 Å². The maximum absolute atomic E-state index is 3.66. The van der Waals surface area contributed by atoms with E-state index in [1.807, 2.05) is 0 Å².